The van der Waals surface area contributed by atoms with Crippen LogP contribution >= 0.6 is 0 Å². The van der Waals surface area contributed by atoms with E-state index in [0.717, 1.165) is 24.3 Å². The molecule has 2 atom stereocenters. The van der Waals surface area contributed by atoms with Crippen molar-refractivity contribution in [3.63, 3.8) is 0 Å². The minimum atomic E-state index is 0.407. The van der Waals surface area contributed by atoms with Crippen LogP contribution in [0.1, 0.15) is 31.4 Å². The fourth-order valence-electron chi connectivity index (χ4n) is 3.04. The molecular weight excluding hydrogens is 220 g/mol. The molecule has 18 heavy (non-hydrogen) atoms. The number of hydrogen-bond donors (Lipinski definition) is 1. The van der Waals surface area contributed by atoms with Crippen LogP contribution in [0.3, 0.4) is 0 Å². The van der Waals surface area contributed by atoms with E-state index in [1.165, 1.54) is 30.3 Å². The SMILES string of the molecule is NC1CCCC(Cc2ccc3ccccc3n2)C1. The van der Waals surface area contributed by atoms with E-state index in [1.807, 2.05) is 0 Å². The van der Waals surface area contributed by atoms with Crippen molar-refractivity contribution in [2.75, 3.05) is 0 Å². The van der Waals surface area contributed by atoms with Crippen LogP contribution < -0.4 is 5.73 Å². The Balaban J connectivity index is 1.78. The molecule has 0 spiro atoms. The topological polar surface area (TPSA) is 38.9 Å². The van der Waals surface area contributed by atoms with Crippen molar-refractivity contribution in [1.82, 2.24) is 4.98 Å². The lowest BCUT2D eigenvalue weighted by Crippen LogP contribution is -2.28. The molecule has 2 heteroatoms. The molecule has 1 aliphatic carbocycles. The summed E-state index contributed by atoms with van der Waals surface area (Å²) in [5.74, 6) is 0.724. The summed E-state index contributed by atoms with van der Waals surface area (Å²) >= 11 is 0. The van der Waals surface area contributed by atoms with E-state index in [1.54, 1.807) is 0 Å². The maximum Gasteiger partial charge on any atom is 0.0705 e. The first-order valence-corrected chi connectivity index (χ1v) is 6.91. The first kappa shape index (κ1) is 11.7. The van der Waals surface area contributed by atoms with Crippen LogP contribution in [0.15, 0.2) is 36.4 Å². The number of nitrogens with two attached hydrogens (primary N) is 1. The number of nitrogens with zero attached hydrogens (tertiary/aromatic N) is 1. The van der Waals surface area contributed by atoms with Gasteiger partial charge in [0.15, 0.2) is 0 Å². The van der Waals surface area contributed by atoms with Gasteiger partial charge in [0.2, 0.25) is 0 Å². The third-order valence-electron chi connectivity index (χ3n) is 3.98. The van der Waals surface area contributed by atoms with Crippen LogP contribution in [0.2, 0.25) is 0 Å². The van der Waals surface area contributed by atoms with Gasteiger partial charge in [-0.3, -0.25) is 4.98 Å². The number of fused-ring (bicyclic) bond motifs is 1. The zero-order valence-corrected chi connectivity index (χ0v) is 10.7. The van der Waals surface area contributed by atoms with Crippen molar-refractivity contribution in [3.05, 3.63) is 42.1 Å². The van der Waals surface area contributed by atoms with E-state index in [2.05, 4.69) is 36.4 Å². The number of benzene rings is 1. The van der Waals surface area contributed by atoms with Gasteiger partial charge in [-0.1, -0.05) is 30.7 Å². The van der Waals surface area contributed by atoms with Gasteiger partial charge in [0, 0.05) is 17.1 Å². The molecule has 0 bridgehead atoms. The van der Waals surface area contributed by atoms with Crippen molar-refractivity contribution in [2.24, 2.45) is 11.7 Å². The summed E-state index contributed by atoms with van der Waals surface area (Å²) in [6, 6.07) is 13.1. The second-order valence-electron chi connectivity index (χ2n) is 5.49. The third-order valence-corrected chi connectivity index (χ3v) is 3.98. The van der Waals surface area contributed by atoms with Gasteiger partial charge in [-0.15, -0.1) is 0 Å². The zero-order valence-electron chi connectivity index (χ0n) is 10.7. The van der Waals surface area contributed by atoms with Crippen LogP contribution in [0, 0.1) is 5.92 Å². The fraction of sp³-hybridized carbons (Fsp3) is 0.438. The Kier molecular flexibility index (Phi) is 3.28. The maximum atomic E-state index is 6.05. The number of hydrogen-bond acceptors (Lipinski definition) is 2. The summed E-state index contributed by atoms with van der Waals surface area (Å²) in [5, 5.41) is 1.22. The van der Waals surface area contributed by atoms with Gasteiger partial charge < -0.3 is 5.73 Å². The van der Waals surface area contributed by atoms with Crippen LogP contribution in [0.25, 0.3) is 10.9 Å². The Morgan fingerprint density at radius 1 is 1.11 bits per heavy atom. The molecule has 2 nitrogen and oxygen atoms in total. The van der Waals surface area contributed by atoms with Gasteiger partial charge in [0.1, 0.15) is 0 Å². The highest BCUT2D eigenvalue weighted by Crippen LogP contribution is 2.26. The lowest BCUT2D eigenvalue weighted by Gasteiger charge is -2.26. The van der Waals surface area contributed by atoms with Gasteiger partial charge in [-0.25, -0.2) is 0 Å². The molecule has 94 valence electrons. The molecule has 0 saturated heterocycles. The Morgan fingerprint density at radius 2 is 2.00 bits per heavy atom. The van der Waals surface area contributed by atoms with Crippen molar-refractivity contribution >= 4 is 10.9 Å². The standard InChI is InChI=1S/C16H20N2/c17-14-6-3-4-12(10-14)11-15-9-8-13-5-1-2-7-16(13)18-15/h1-2,5,7-9,12,14H,3-4,6,10-11,17H2. The van der Waals surface area contributed by atoms with Crippen molar-refractivity contribution in [2.45, 2.75) is 38.1 Å². The first-order valence-electron chi connectivity index (χ1n) is 6.91. The summed E-state index contributed by atoms with van der Waals surface area (Å²) in [5.41, 5.74) is 8.37. The van der Waals surface area contributed by atoms with E-state index in [0.29, 0.717) is 6.04 Å². The smallest absolute Gasteiger partial charge is 0.0705 e. The molecule has 2 aromatic rings. The average molecular weight is 240 g/mol. The van der Waals surface area contributed by atoms with E-state index >= 15 is 0 Å². The first-order chi connectivity index (χ1) is 8.81. The summed E-state index contributed by atoms with van der Waals surface area (Å²) in [6.07, 6.45) is 6.02. The van der Waals surface area contributed by atoms with E-state index in [4.69, 9.17) is 10.7 Å². The molecule has 1 aliphatic rings. The molecule has 1 aromatic heterocycles. The monoisotopic (exact) mass is 240 g/mol. The lowest BCUT2D eigenvalue weighted by atomic mass is 9.83. The predicted molar refractivity (Wildman–Crippen MR) is 75.4 cm³/mol. The van der Waals surface area contributed by atoms with Crippen LogP contribution in [-0.2, 0) is 6.42 Å². The molecule has 0 radical (unpaired) electrons. The third kappa shape index (κ3) is 2.54. The fourth-order valence-corrected chi connectivity index (χ4v) is 3.04. The molecule has 1 saturated carbocycles. The van der Waals surface area contributed by atoms with Gasteiger partial charge in [-0.2, -0.15) is 0 Å². The van der Waals surface area contributed by atoms with Crippen molar-refractivity contribution in [1.29, 1.82) is 0 Å². The van der Waals surface area contributed by atoms with Gasteiger partial charge >= 0.3 is 0 Å². The van der Waals surface area contributed by atoms with E-state index in [-0.39, 0.29) is 0 Å². The second kappa shape index (κ2) is 5.07. The molecule has 1 aromatic carbocycles. The Hall–Kier alpha value is -1.41. The minimum Gasteiger partial charge on any atom is -0.328 e. The lowest BCUT2D eigenvalue weighted by molar-refractivity contribution is 0.319. The summed E-state index contributed by atoms with van der Waals surface area (Å²) < 4.78 is 0. The number of para-hydroxylation sites is 1. The summed E-state index contributed by atoms with van der Waals surface area (Å²) in [4.78, 5) is 4.75. The number of rotatable bonds is 2. The molecule has 2 unspecified atom stereocenters. The Labute approximate surface area is 108 Å². The Bertz CT molecular complexity index is 535. The van der Waals surface area contributed by atoms with Crippen LogP contribution in [0.5, 0.6) is 0 Å². The average Bonchev–Trinajstić information content (AvgIpc) is 2.39. The molecule has 1 fully saturated rings. The highest BCUT2D eigenvalue weighted by molar-refractivity contribution is 5.78. The van der Waals surface area contributed by atoms with Crippen molar-refractivity contribution < 1.29 is 0 Å². The van der Waals surface area contributed by atoms with Crippen molar-refractivity contribution in [3.8, 4) is 0 Å². The van der Waals surface area contributed by atoms with Crippen LogP contribution in [-0.4, -0.2) is 11.0 Å². The zero-order chi connectivity index (χ0) is 12.4. The van der Waals surface area contributed by atoms with Crippen LogP contribution in [0.4, 0.5) is 0 Å². The van der Waals surface area contributed by atoms with Gasteiger partial charge in [0.25, 0.3) is 0 Å². The Morgan fingerprint density at radius 3 is 2.89 bits per heavy atom. The minimum absolute atomic E-state index is 0.407. The summed E-state index contributed by atoms with van der Waals surface area (Å²) in [7, 11) is 0. The maximum absolute atomic E-state index is 6.05. The molecular formula is C16H20N2. The van der Waals surface area contributed by atoms with E-state index in [9.17, 15) is 0 Å². The highest BCUT2D eigenvalue weighted by atomic mass is 14.7. The van der Waals surface area contributed by atoms with E-state index < -0.39 is 0 Å². The summed E-state index contributed by atoms with van der Waals surface area (Å²) in [6.45, 7) is 0. The highest BCUT2D eigenvalue weighted by Gasteiger charge is 2.19. The van der Waals surface area contributed by atoms with Gasteiger partial charge in [-0.05, 0) is 43.7 Å². The number of pyridine rings is 1. The molecule has 0 amide bonds. The molecule has 2 N–H and O–H groups in total. The quantitative estimate of drug-likeness (QED) is 0.874. The number of aromatic nitrogens is 1. The van der Waals surface area contributed by atoms with Gasteiger partial charge in [0.05, 0.1) is 5.52 Å². The second-order valence-corrected chi connectivity index (χ2v) is 5.49. The largest absolute Gasteiger partial charge is 0.328 e. The predicted octanol–water partition coefficient (Wildman–Crippen LogP) is 3.29. The normalized spacial score (nSPS) is 24.3. The molecule has 3 rings (SSSR count). The molecule has 1 heterocycles. The molecule has 0 aliphatic heterocycles.